The third-order valence-electron chi connectivity index (χ3n) is 3.08. The molecule has 1 aromatic rings. The number of pyridine rings is 1. The number of hydrogen-bond donors (Lipinski definition) is 1. The van der Waals surface area contributed by atoms with Crippen molar-refractivity contribution in [2.75, 3.05) is 6.54 Å². The molecule has 1 saturated carbocycles. The molecule has 2 atom stereocenters. The van der Waals surface area contributed by atoms with Gasteiger partial charge in [-0.05, 0) is 30.9 Å². The first kappa shape index (κ1) is 13.7. The maximum Gasteiger partial charge on any atom is 0.261 e. The topological polar surface area (TPSA) is 59.1 Å². The van der Waals surface area contributed by atoms with E-state index in [4.69, 9.17) is 11.6 Å². The van der Waals surface area contributed by atoms with E-state index in [9.17, 15) is 12.8 Å². The van der Waals surface area contributed by atoms with Gasteiger partial charge in [0.25, 0.3) is 10.0 Å². The lowest BCUT2D eigenvalue weighted by atomic mass is 10.1. The maximum atomic E-state index is 13.4. The molecule has 0 aromatic carbocycles. The Morgan fingerprint density at radius 2 is 2.28 bits per heavy atom. The van der Waals surface area contributed by atoms with E-state index in [1.165, 1.54) is 12.3 Å². The molecule has 100 valence electrons. The lowest BCUT2D eigenvalue weighted by Crippen LogP contribution is -2.32. The van der Waals surface area contributed by atoms with E-state index >= 15 is 0 Å². The summed E-state index contributed by atoms with van der Waals surface area (Å²) in [6.45, 7) is 0.229. The maximum absolute atomic E-state index is 13.4. The fourth-order valence-electron chi connectivity index (χ4n) is 2.08. The summed E-state index contributed by atoms with van der Waals surface area (Å²) < 4.78 is 39.4. The van der Waals surface area contributed by atoms with Gasteiger partial charge < -0.3 is 0 Å². The number of alkyl halides is 1. The first-order valence-corrected chi connectivity index (χ1v) is 7.67. The average molecular weight is 293 g/mol. The van der Waals surface area contributed by atoms with Gasteiger partial charge in [-0.25, -0.2) is 22.5 Å². The molecule has 1 heterocycles. The van der Waals surface area contributed by atoms with Crippen molar-refractivity contribution in [1.82, 2.24) is 9.71 Å². The third-order valence-corrected chi connectivity index (χ3v) is 5.01. The quantitative estimate of drug-likeness (QED) is 0.863. The Kier molecular flexibility index (Phi) is 4.19. The highest BCUT2D eigenvalue weighted by Gasteiger charge is 2.28. The molecule has 1 fully saturated rings. The lowest BCUT2D eigenvalue weighted by molar-refractivity contribution is 0.512. The van der Waals surface area contributed by atoms with Gasteiger partial charge in [0, 0.05) is 18.1 Å². The van der Waals surface area contributed by atoms with Crippen LogP contribution < -0.4 is 4.72 Å². The van der Waals surface area contributed by atoms with Crippen LogP contribution in [0, 0.1) is 11.7 Å². The van der Waals surface area contributed by atoms with Crippen LogP contribution in [0.5, 0.6) is 0 Å². The van der Waals surface area contributed by atoms with Crippen LogP contribution in [0.3, 0.4) is 0 Å². The van der Waals surface area contributed by atoms with Gasteiger partial charge in [-0.3, -0.25) is 0 Å². The van der Waals surface area contributed by atoms with E-state index in [1.54, 1.807) is 0 Å². The second-order valence-electron chi connectivity index (χ2n) is 4.35. The molecular formula is C11H14ClFN2O2S. The van der Waals surface area contributed by atoms with Crippen LogP contribution in [-0.2, 0) is 10.0 Å². The van der Waals surface area contributed by atoms with Crippen LogP contribution in [0.2, 0.25) is 0 Å². The van der Waals surface area contributed by atoms with Crippen LogP contribution in [0.1, 0.15) is 19.3 Å². The molecule has 0 spiro atoms. The Morgan fingerprint density at radius 3 is 2.89 bits per heavy atom. The minimum absolute atomic E-state index is 0.0127. The molecule has 4 nitrogen and oxygen atoms in total. The van der Waals surface area contributed by atoms with Crippen molar-refractivity contribution in [3.05, 3.63) is 24.1 Å². The van der Waals surface area contributed by atoms with Gasteiger partial charge in [0.15, 0.2) is 5.82 Å². The first-order chi connectivity index (χ1) is 8.50. The lowest BCUT2D eigenvalue weighted by Gasteiger charge is -2.14. The Bertz CT molecular complexity index is 524. The summed E-state index contributed by atoms with van der Waals surface area (Å²) in [5.74, 6) is -0.743. The number of hydrogen-bond acceptors (Lipinski definition) is 3. The molecule has 1 N–H and O–H groups in total. The van der Waals surface area contributed by atoms with Crippen molar-refractivity contribution in [3.8, 4) is 0 Å². The molecular weight excluding hydrogens is 279 g/mol. The van der Waals surface area contributed by atoms with Crippen molar-refractivity contribution in [2.45, 2.75) is 29.7 Å². The van der Waals surface area contributed by atoms with Crippen LogP contribution >= 0.6 is 11.6 Å². The van der Waals surface area contributed by atoms with Crippen LogP contribution in [0.25, 0.3) is 0 Å². The Balaban J connectivity index is 2.06. The van der Waals surface area contributed by atoms with Crippen molar-refractivity contribution >= 4 is 21.6 Å². The second-order valence-corrected chi connectivity index (χ2v) is 6.59. The van der Waals surface area contributed by atoms with Crippen LogP contribution in [0.4, 0.5) is 4.39 Å². The van der Waals surface area contributed by atoms with Gasteiger partial charge in [-0.1, -0.05) is 6.42 Å². The highest BCUT2D eigenvalue weighted by Crippen LogP contribution is 2.29. The number of rotatable bonds is 4. The molecule has 2 rings (SSSR count). The molecule has 1 aromatic heterocycles. The fraction of sp³-hybridized carbons (Fsp3) is 0.545. The molecule has 2 unspecified atom stereocenters. The second kappa shape index (κ2) is 5.50. The van der Waals surface area contributed by atoms with Gasteiger partial charge in [0.2, 0.25) is 5.03 Å². The summed E-state index contributed by atoms with van der Waals surface area (Å²) in [7, 11) is -3.90. The normalized spacial score (nSPS) is 24.3. The van der Waals surface area contributed by atoms with Gasteiger partial charge in [-0.2, -0.15) is 0 Å². The highest BCUT2D eigenvalue weighted by molar-refractivity contribution is 7.89. The molecule has 1 aliphatic carbocycles. The monoisotopic (exact) mass is 292 g/mol. The van der Waals surface area contributed by atoms with Crippen LogP contribution in [-0.4, -0.2) is 25.3 Å². The summed E-state index contributed by atoms with van der Waals surface area (Å²) in [6.07, 6.45) is 4.03. The molecule has 0 radical (unpaired) electrons. The van der Waals surface area contributed by atoms with E-state index in [0.29, 0.717) is 0 Å². The molecule has 0 saturated heterocycles. The number of halogens is 2. The Labute approximate surface area is 111 Å². The Morgan fingerprint density at radius 1 is 1.50 bits per heavy atom. The number of nitrogens with one attached hydrogen (secondary N) is 1. The molecule has 0 aliphatic heterocycles. The predicted molar refractivity (Wildman–Crippen MR) is 66.4 cm³/mol. The third kappa shape index (κ3) is 2.99. The van der Waals surface area contributed by atoms with Crippen molar-refractivity contribution in [3.63, 3.8) is 0 Å². The van der Waals surface area contributed by atoms with E-state index in [2.05, 4.69) is 9.71 Å². The van der Waals surface area contributed by atoms with E-state index in [0.717, 1.165) is 25.3 Å². The van der Waals surface area contributed by atoms with Gasteiger partial charge >= 0.3 is 0 Å². The van der Waals surface area contributed by atoms with E-state index in [1.807, 2.05) is 0 Å². The van der Waals surface area contributed by atoms with E-state index in [-0.39, 0.29) is 17.8 Å². The zero-order chi connectivity index (χ0) is 13.2. The number of nitrogens with zero attached hydrogens (tertiary/aromatic N) is 1. The van der Waals surface area contributed by atoms with Gasteiger partial charge in [0.05, 0.1) is 0 Å². The molecule has 7 heteroatoms. The number of aromatic nitrogens is 1. The SMILES string of the molecule is O=S(=O)(NCC1CCCC1Cl)c1ncccc1F. The summed E-state index contributed by atoms with van der Waals surface area (Å²) in [6, 6.07) is 2.42. The first-order valence-electron chi connectivity index (χ1n) is 5.75. The molecule has 18 heavy (non-hydrogen) atoms. The number of sulfonamides is 1. The minimum Gasteiger partial charge on any atom is -0.241 e. The van der Waals surface area contributed by atoms with Crippen molar-refractivity contribution in [2.24, 2.45) is 5.92 Å². The van der Waals surface area contributed by atoms with Crippen LogP contribution in [0.15, 0.2) is 23.4 Å². The zero-order valence-corrected chi connectivity index (χ0v) is 11.2. The molecule has 1 aliphatic rings. The largest absolute Gasteiger partial charge is 0.261 e. The van der Waals surface area contributed by atoms with Gasteiger partial charge in [0.1, 0.15) is 0 Å². The summed E-state index contributed by atoms with van der Waals surface area (Å²) in [5.41, 5.74) is 0. The zero-order valence-electron chi connectivity index (χ0n) is 9.64. The average Bonchev–Trinajstić information content (AvgIpc) is 2.73. The minimum atomic E-state index is -3.90. The molecule has 0 amide bonds. The van der Waals surface area contributed by atoms with Crippen molar-refractivity contribution in [1.29, 1.82) is 0 Å². The highest BCUT2D eigenvalue weighted by atomic mass is 35.5. The summed E-state index contributed by atoms with van der Waals surface area (Å²) in [4.78, 5) is 3.56. The van der Waals surface area contributed by atoms with Crippen molar-refractivity contribution < 1.29 is 12.8 Å². The summed E-state index contributed by atoms with van der Waals surface area (Å²) >= 11 is 6.06. The van der Waals surface area contributed by atoms with E-state index < -0.39 is 20.9 Å². The Hall–Kier alpha value is -0.720. The predicted octanol–water partition coefficient (Wildman–Crippen LogP) is 1.91. The summed E-state index contributed by atoms with van der Waals surface area (Å²) in [5, 5.41) is -0.574. The standard InChI is InChI=1S/C11H14ClFN2O2S/c12-9-4-1-3-8(9)7-15-18(16,17)11-10(13)5-2-6-14-11/h2,5-6,8-9,15H,1,3-4,7H2. The van der Waals surface area contributed by atoms with Gasteiger partial charge in [-0.15, -0.1) is 11.6 Å². The fourth-order valence-corrected chi connectivity index (χ4v) is 3.54. The molecule has 0 bridgehead atoms. The smallest absolute Gasteiger partial charge is 0.241 e.